The molecule has 0 N–H and O–H groups in total. The van der Waals surface area contributed by atoms with Crippen LogP contribution >= 0.6 is 34.7 Å². The molecule has 0 bridgehead atoms. The van der Waals surface area contributed by atoms with Crippen LogP contribution in [-0.2, 0) is 14.8 Å². The molecule has 0 spiro atoms. The van der Waals surface area contributed by atoms with Gasteiger partial charge < -0.3 is 4.42 Å². The standard InChI is InChI=1S/C15H11ClN2O4S3/c1-2-7-18-14(19)11(9-10-4-3-8-22-10)23-15(18)17-25(20,21)13-6-5-12(16)24-13/h2-6,8-9H,1,7H2/b11-9+,17-15?. The summed E-state index contributed by atoms with van der Waals surface area (Å²) in [6.07, 6.45) is 4.52. The molecule has 0 aliphatic carbocycles. The molecule has 2 aromatic rings. The van der Waals surface area contributed by atoms with Crippen molar-refractivity contribution in [1.82, 2.24) is 4.90 Å². The summed E-state index contributed by atoms with van der Waals surface area (Å²) in [5, 5.41) is 0.0622. The smallest absolute Gasteiger partial charge is 0.294 e. The van der Waals surface area contributed by atoms with Crippen LogP contribution in [0.4, 0.5) is 0 Å². The Bertz CT molecular complexity index is 974. The number of thioether (sulfide) groups is 1. The highest BCUT2D eigenvalue weighted by molar-refractivity contribution is 8.19. The number of nitrogens with zero attached hydrogens (tertiary/aromatic N) is 2. The van der Waals surface area contributed by atoms with Crippen molar-refractivity contribution in [2.75, 3.05) is 6.54 Å². The van der Waals surface area contributed by atoms with Gasteiger partial charge in [0.2, 0.25) is 0 Å². The highest BCUT2D eigenvalue weighted by atomic mass is 35.5. The van der Waals surface area contributed by atoms with Crippen LogP contribution in [0.2, 0.25) is 4.34 Å². The molecule has 1 aliphatic rings. The third kappa shape index (κ3) is 3.90. The molecule has 0 saturated carbocycles. The molecule has 1 saturated heterocycles. The van der Waals surface area contributed by atoms with E-state index in [1.165, 1.54) is 29.4 Å². The molecule has 1 amide bonds. The first kappa shape index (κ1) is 18.0. The number of sulfonamides is 1. The first-order chi connectivity index (χ1) is 11.9. The molecule has 1 fully saturated rings. The van der Waals surface area contributed by atoms with Crippen LogP contribution in [0.25, 0.3) is 6.08 Å². The zero-order valence-electron chi connectivity index (χ0n) is 12.6. The van der Waals surface area contributed by atoms with Gasteiger partial charge in [-0.3, -0.25) is 9.69 Å². The van der Waals surface area contributed by atoms with Crippen LogP contribution in [0, 0.1) is 0 Å². The number of carbonyl (C=O) groups excluding carboxylic acids is 1. The van der Waals surface area contributed by atoms with Gasteiger partial charge in [0.25, 0.3) is 15.9 Å². The Kier molecular flexibility index (Phi) is 5.19. The molecule has 0 atom stereocenters. The van der Waals surface area contributed by atoms with E-state index in [1.54, 1.807) is 18.2 Å². The highest BCUT2D eigenvalue weighted by Crippen LogP contribution is 2.34. The van der Waals surface area contributed by atoms with E-state index in [0.29, 0.717) is 15.0 Å². The minimum absolute atomic E-state index is 0.0140. The lowest BCUT2D eigenvalue weighted by Gasteiger charge is -2.12. The zero-order chi connectivity index (χ0) is 18.0. The predicted molar refractivity (Wildman–Crippen MR) is 100 cm³/mol. The number of thiophene rings is 1. The molecule has 0 unspecified atom stereocenters. The van der Waals surface area contributed by atoms with E-state index in [2.05, 4.69) is 11.0 Å². The first-order valence-corrected chi connectivity index (χ1v) is 10.3. The Labute approximate surface area is 157 Å². The second-order valence-corrected chi connectivity index (χ2v) is 9.29. The van der Waals surface area contributed by atoms with Gasteiger partial charge in [0.05, 0.1) is 15.5 Å². The van der Waals surface area contributed by atoms with E-state index in [-0.39, 0.29) is 21.8 Å². The van der Waals surface area contributed by atoms with Gasteiger partial charge in [0.15, 0.2) is 5.17 Å². The Balaban J connectivity index is 1.99. The van der Waals surface area contributed by atoms with Crippen LogP contribution in [0.15, 0.2) is 61.1 Å². The third-order valence-electron chi connectivity index (χ3n) is 3.02. The maximum Gasteiger partial charge on any atom is 0.294 e. The average Bonchev–Trinajstić information content (AvgIpc) is 3.26. The summed E-state index contributed by atoms with van der Waals surface area (Å²) in [5.74, 6) is 0.128. The second-order valence-electron chi connectivity index (χ2n) is 4.74. The lowest BCUT2D eigenvalue weighted by molar-refractivity contribution is -0.121. The van der Waals surface area contributed by atoms with Crippen LogP contribution in [0.5, 0.6) is 0 Å². The van der Waals surface area contributed by atoms with Crippen LogP contribution < -0.4 is 0 Å². The maximum absolute atomic E-state index is 12.5. The Morgan fingerprint density at radius 1 is 1.36 bits per heavy atom. The summed E-state index contributed by atoms with van der Waals surface area (Å²) in [6, 6.07) is 6.25. The van der Waals surface area contributed by atoms with Gasteiger partial charge in [0.1, 0.15) is 9.97 Å². The molecule has 10 heteroatoms. The summed E-state index contributed by atoms with van der Waals surface area (Å²) >= 11 is 7.66. The summed E-state index contributed by atoms with van der Waals surface area (Å²) < 4.78 is 34.2. The topological polar surface area (TPSA) is 80.0 Å². The zero-order valence-corrected chi connectivity index (χ0v) is 15.8. The van der Waals surface area contributed by atoms with Gasteiger partial charge in [-0.1, -0.05) is 17.7 Å². The molecule has 3 rings (SSSR count). The lowest BCUT2D eigenvalue weighted by Crippen LogP contribution is -2.29. The fourth-order valence-corrected chi connectivity index (χ4v) is 5.58. The van der Waals surface area contributed by atoms with E-state index < -0.39 is 10.0 Å². The molecule has 1 aliphatic heterocycles. The fraction of sp³-hybridized carbons (Fsp3) is 0.0667. The van der Waals surface area contributed by atoms with Crippen LogP contribution in [0.3, 0.4) is 0 Å². The van der Waals surface area contributed by atoms with Crippen molar-refractivity contribution < 1.29 is 17.6 Å². The quantitative estimate of drug-likeness (QED) is 0.548. The predicted octanol–water partition coefficient (Wildman–Crippen LogP) is 3.84. The number of amidine groups is 1. The number of amides is 1. The van der Waals surface area contributed by atoms with Crippen molar-refractivity contribution >= 4 is 61.9 Å². The van der Waals surface area contributed by atoms with E-state index in [4.69, 9.17) is 16.0 Å². The van der Waals surface area contributed by atoms with Gasteiger partial charge in [0, 0.05) is 12.6 Å². The van der Waals surface area contributed by atoms with Crippen LogP contribution in [0.1, 0.15) is 5.76 Å². The Morgan fingerprint density at radius 2 is 2.16 bits per heavy atom. The average molecular weight is 415 g/mol. The first-order valence-electron chi connectivity index (χ1n) is 6.87. The molecule has 25 heavy (non-hydrogen) atoms. The van der Waals surface area contributed by atoms with Gasteiger partial charge in [-0.05, 0) is 36.0 Å². The number of rotatable bonds is 5. The molecule has 0 radical (unpaired) electrons. The number of carbonyl (C=O) groups is 1. The van der Waals surface area contributed by atoms with Crippen molar-refractivity contribution in [3.8, 4) is 0 Å². The fourth-order valence-electron chi connectivity index (χ4n) is 1.95. The van der Waals surface area contributed by atoms with Gasteiger partial charge >= 0.3 is 0 Å². The molecule has 130 valence electrons. The van der Waals surface area contributed by atoms with Crippen LogP contribution in [-0.4, -0.2) is 30.9 Å². The molecule has 6 nitrogen and oxygen atoms in total. The van der Waals surface area contributed by atoms with Crippen molar-refractivity contribution in [3.05, 3.63) is 58.2 Å². The maximum atomic E-state index is 12.5. The van der Waals surface area contributed by atoms with E-state index in [9.17, 15) is 13.2 Å². The molecule has 2 aromatic heterocycles. The molecule has 3 heterocycles. The minimum atomic E-state index is -3.96. The number of hydrogen-bond acceptors (Lipinski definition) is 6. The number of hydrogen-bond donors (Lipinski definition) is 0. The lowest BCUT2D eigenvalue weighted by atomic mass is 10.3. The van der Waals surface area contributed by atoms with Crippen molar-refractivity contribution in [2.45, 2.75) is 4.21 Å². The van der Waals surface area contributed by atoms with Crippen molar-refractivity contribution in [1.29, 1.82) is 0 Å². The Morgan fingerprint density at radius 3 is 2.76 bits per heavy atom. The molecular weight excluding hydrogens is 404 g/mol. The largest absolute Gasteiger partial charge is 0.465 e. The van der Waals surface area contributed by atoms with E-state index >= 15 is 0 Å². The summed E-state index contributed by atoms with van der Waals surface area (Å²) in [7, 11) is -3.96. The SMILES string of the molecule is C=CCN1C(=O)/C(=C\c2ccco2)SC1=NS(=O)(=O)c1ccc(Cl)s1. The van der Waals surface area contributed by atoms with Crippen molar-refractivity contribution in [2.24, 2.45) is 4.40 Å². The third-order valence-corrected chi connectivity index (χ3v) is 7.11. The highest BCUT2D eigenvalue weighted by Gasteiger charge is 2.34. The minimum Gasteiger partial charge on any atom is -0.465 e. The van der Waals surface area contributed by atoms with E-state index in [1.807, 2.05) is 0 Å². The molecule has 0 aromatic carbocycles. The summed E-state index contributed by atoms with van der Waals surface area (Å²) in [4.78, 5) is 14.1. The molecular formula is C15H11ClN2O4S3. The summed E-state index contributed by atoms with van der Waals surface area (Å²) in [6.45, 7) is 3.73. The number of halogens is 1. The monoisotopic (exact) mass is 414 g/mol. The second kappa shape index (κ2) is 7.20. The normalized spacial score (nSPS) is 18.4. The Hall–Kier alpha value is -1.81. The number of furan rings is 1. The summed E-state index contributed by atoms with van der Waals surface area (Å²) in [5.41, 5.74) is 0. The van der Waals surface area contributed by atoms with Gasteiger partial charge in [-0.25, -0.2) is 0 Å². The van der Waals surface area contributed by atoms with Crippen molar-refractivity contribution in [3.63, 3.8) is 0 Å². The van der Waals surface area contributed by atoms with E-state index in [0.717, 1.165) is 23.1 Å². The van der Waals surface area contributed by atoms with Gasteiger partial charge in [-0.2, -0.15) is 8.42 Å². The van der Waals surface area contributed by atoms with Gasteiger partial charge in [-0.15, -0.1) is 22.3 Å².